The molecule has 76 valence electrons. The van der Waals surface area contributed by atoms with Gasteiger partial charge in [0.05, 0.1) is 0 Å². The fraction of sp³-hybridized carbons (Fsp3) is 0.417. The smallest absolute Gasteiger partial charge is 0.0366 e. The van der Waals surface area contributed by atoms with Crippen LogP contribution in [0.1, 0.15) is 19.4 Å². The second-order valence-corrected chi connectivity index (χ2v) is 3.15. The van der Waals surface area contributed by atoms with Gasteiger partial charge < -0.3 is 4.90 Å². The molecule has 0 saturated heterocycles. The van der Waals surface area contributed by atoms with Gasteiger partial charge in [-0.15, -0.1) is 0 Å². The molecule has 0 atom stereocenters. The Labute approximate surface area is 86.3 Å². The van der Waals surface area contributed by atoms with Gasteiger partial charge in [0.25, 0.3) is 0 Å². The molecule has 0 aromatic heterocycles. The van der Waals surface area contributed by atoms with Gasteiger partial charge in [-0.2, -0.15) is 0 Å². The summed E-state index contributed by atoms with van der Waals surface area (Å²) in [6.07, 6.45) is 1.87. The highest BCUT2D eigenvalue weighted by Crippen LogP contribution is 2.13. The van der Waals surface area contributed by atoms with E-state index in [0.717, 1.165) is 18.7 Å². The Morgan fingerprint density at radius 1 is 1.14 bits per heavy atom. The average Bonchev–Trinajstić information content (AvgIpc) is 2.23. The van der Waals surface area contributed by atoms with Crippen molar-refractivity contribution in [2.75, 3.05) is 25.0 Å². The van der Waals surface area contributed by atoms with Crippen LogP contribution in [0, 0.1) is 0 Å². The molecule has 0 aliphatic carbocycles. The summed E-state index contributed by atoms with van der Waals surface area (Å²) in [4.78, 5) is 6.31. The van der Waals surface area contributed by atoms with Gasteiger partial charge in [0, 0.05) is 32.0 Å². The van der Waals surface area contributed by atoms with Crippen LogP contribution in [0.25, 0.3) is 0 Å². The van der Waals surface area contributed by atoms with E-state index in [1.807, 2.05) is 6.21 Å². The van der Waals surface area contributed by atoms with Gasteiger partial charge in [0.1, 0.15) is 0 Å². The first-order valence-corrected chi connectivity index (χ1v) is 5.09. The minimum atomic E-state index is 1.05. The molecule has 1 rings (SSSR count). The average molecular weight is 190 g/mol. The number of aliphatic imine (C=N–C) groups is 1. The lowest BCUT2D eigenvalue weighted by atomic mass is 10.2. The first-order valence-electron chi connectivity index (χ1n) is 5.09. The predicted octanol–water partition coefficient (Wildman–Crippen LogP) is 2.58. The number of hydrogen-bond donors (Lipinski definition) is 0. The van der Waals surface area contributed by atoms with Crippen molar-refractivity contribution in [1.29, 1.82) is 0 Å². The Balaban J connectivity index is 2.81. The molecule has 0 aliphatic heterocycles. The summed E-state index contributed by atoms with van der Waals surface area (Å²) in [7, 11) is 1.79. The summed E-state index contributed by atoms with van der Waals surface area (Å²) < 4.78 is 0. The molecule has 0 spiro atoms. The van der Waals surface area contributed by atoms with Gasteiger partial charge in [0.15, 0.2) is 0 Å². The van der Waals surface area contributed by atoms with E-state index >= 15 is 0 Å². The highest BCUT2D eigenvalue weighted by atomic mass is 15.1. The van der Waals surface area contributed by atoms with Gasteiger partial charge in [-0.25, -0.2) is 0 Å². The molecule has 2 heteroatoms. The SMILES string of the molecule is CCN(CC)c1ccc(/C=N/C)cc1. The molecule has 0 saturated carbocycles. The zero-order valence-corrected chi connectivity index (χ0v) is 9.20. The third-order valence-electron chi connectivity index (χ3n) is 2.30. The normalized spacial score (nSPS) is 10.8. The van der Waals surface area contributed by atoms with E-state index in [1.165, 1.54) is 5.69 Å². The minimum absolute atomic E-state index is 1.05. The van der Waals surface area contributed by atoms with Gasteiger partial charge in [-0.1, -0.05) is 12.1 Å². The van der Waals surface area contributed by atoms with Crippen LogP contribution < -0.4 is 4.90 Å². The van der Waals surface area contributed by atoms with Crippen LogP contribution in [0.2, 0.25) is 0 Å². The van der Waals surface area contributed by atoms with E-state index in [4.69, 9.17) is 0 Å². The highest BCUT2D eigenvalue weighted by molar-refractivity contribution is 5.80. The number of hydrogen-bond acceptors (Lipinski definition) is 2. The summed E-state index contributed by atoms with van der Waals surface area (Å²) in [6, 6.07) is 8.48. The van der Waals surface area contributed by atoms with E-state index in [1.54, 1.807) is 7.05 Å². The van der Waals surface area contributed by atoms with Crippen molar-refractivity contribution in [3.8, 4) is 0 Å². The molecule has 0 aliphatic rings. The van der Waals surface area contributed by atoms with Crippen molar-refractivity contribution in [2.24, 2.45) is 4.99 Å². The van der Waals surface area contributed by atoms with E-state index in [0.29, 0.717) is 0 Å². The van der Waals surface area contributed by atoms with Crippen molar-refractivity contribution < 1.29 is 0 Å². The lowest BCUT2D eigenvalue weighted by Crippen LogP contribution is -2.21. The maximum absolute atomic E-state index is 3.98. The van der Waals surface area contributed by atoms with Crippen LogP contribution in [0.5, 0.6) is 0 Å². The Hall–Kier alpha value is -1.31. The zero-order chi connectivity index (χ0) is 10.4. The monoisotopic (exact) mass is 190 g/mol. The Morgan fingerprint density at radius 2 is 1.71 bits per heavy atom. The molecule has 14 heavy (non-hydrogen) atoms. The van der Waals surface area contributed by atoms with Gasteiger partial charge >= 0.3 is 0 Å². The summed E-state index contributed by atoms with van der Waals surface area (Å²) in [5.74, 6) is 0. The number of benzene rings is 1. The Morgan fingerprint density at radius 3 is 2.14 bits per heavy atom. The quantitative estimate of drug-likeness (QED) is 0.666. The van der Waals surface area contributed by atoms with E-state index in [9.17, 15) is 0 Å². The molecular weight excluding hydrogens is 172 g/mol. The summed E-state index contributed by atoms with van der Waals surface area (Å²) in [6.45, 7) is 6.45. The van der Waals surface area contributed by atoms with Crippen molar-refractivity contribution in [2.45, 2.75) is 13.8 Å². The molecule has 1 aromatic carbocycles. The number of rotatable bonds is 4. The molecule has 1 aromatic rings. The maximum atomic E-state index is 3.98. The zero-order valence-electron chi connectivity index (χ0n) is 9.20. The van der Waals surface area contributed by atoms with E-state index in [2.05, 4.69) is 48.0 Å². The highest BCUT2D eigenvalue weighted by Gasteiger charge is 1.99. The van der Waals surface area contributed by atoms with Crippen LogP contribution in [-0.2, 0) is 0 Å². The fourth-order valence-corrected chi connectivity index (χ4v) is 1.51. The maximum Gasteiger partial charge on any atom is 0.0366 e. The van der Waals surface area contributed by atoms with Crippen LogP contribution >= 0.6 is 0 Å². The standard InChI is InChI=1S/C12H18N2/c1-4-14(5-2)12-8-6-11(7-9-12)10-13-3/h6-10H,4-5H2,1-3H3/b13-10+. The molecule has 0 fully saturated rings. The molecule has 0 amide bonds. The van der Waals surface area contributed by atoms with Crippen molar-refractivity contribution in [3.05, 3.63) is 29.8 Å². The number of anilines is 1. The van der Waals surface area contributed by atoms with Crippen molar-refractivity contribution in [3.63, 3.8) is 0 Å². The molecular formula is C12H18N2. The summed E-state index contributed by atoms with van der Waals surface area (Å²) in [5.41, 5.74) is 2.44. The predicted molar refractivity (Wildman–Crippen MR) is 63.5 cm³/mol. The minimum Gasteiger partial charge on any atom is -0.372 e. The lowest BCUT2D eigenvalue weighted by molar-refractivity contribution is 0.866. The fourth-order valence-electron chi connectivity index (χ4n) is 1.51. The number of nitrogens with zero attached hydrogens (tertiary/aromatic N) is 2. The summed E-state index contributed by atoms with van der Waals surface area (Å²) >= 11 is 0. The first-order chi connectivity index (χ1) is 6.81. The van der Waals surface area contributed by atoms with Crippen molar-refractivity contribution >= 4 is 11.9 Å². The van der Waals surface area contributed by atoms with Gasteiger partial charge in [0.2, 0.25) is 0 Å². The van der Waals surface area contributed by atoms with Crippen LogP contribution in [0.15, 0.2) is 29.3 Å². The molecule has 2 nitrogen and oxygen atoms in total. The second-order valence-electron chi connectivity index (χ2n) is 3.15. The molecule has 0 unspecified atom stereocenters. The molecule has 0 bridgehead atoms. The summed E-state index contributed by atoms with van der Waals surface area (Å²) in [5, 5.41) is 0. The van der Waals surface area contributed by atoms with Crippen molar-refractivity contribution in [1.82, 2.24) is 0 Å². The Bertz CT molecular complexity index is 284. The molecule has 0 N–H and O–H groups in total. The second kappa shape index (κ2) is 5.43. The molecule has 0 radical (unpaired) electrons. The van der Waals surface area contributed by atoms with Gasteiger partial charge in [-0.05, 0) is 31.5 Å². The van der Waals surface area contributed by atoms with E-state index < -0.39 is 0 Å². The topological polar surface area (TPSA) is 15.6 Å². The first kappa shape index (κ1) is 10.8. The third-order valence-corrected chi connectivity index (χ3v) is 2.30. The van der Waals surface area contributed by atoms with Crippen LogP contribution in [0.4, 0.5) is 5.69 Å². The lowest BCUT2D eigenvalue weighted by Gasteiger charge is -2.20. The third kappa shape index (κ3) is 2.59. The Kier molecular flexibility index (Phi) is 4.17. The van der Waals surface area contributed by atoms with Gasteiger partial charge in [-0.3, -0.25) is 4.99 Å². The van der Waals surface area contributed by atoms with Crippen LogP contribution in [-0.4, -0.2) is 26.4 Å². The largest absolute Gasteiger partial charge is 0.372 e. The van der Waals surface area contributed by atoms with E-state index in [-0.39, 0.29) is 0 Å². The van der Waals surface area contributed by atoms with Crippen LogP contribution in [0.3, 0.4) is 0 Å². The molecule has 0 heterocycles.